The van der Waals surface area contributed by atoms with E-state index in [2.05, 4.69) is 4.98 Å². The molecule has 0 aliphatic rings. The number of nitrogens with zero attached hydrogens (tertiary/aromatic N) is 1. The first-order valence-corrected chi connectivity index (χ1v) is 5.60. The zero-order chi connectivity index (χ0) is 14.2. The lowest BCUT2D eigenvalue weighted by Crippen LogP contribution is -2.36. The number of carbonyl (C=O) groups excluding carboxylic acids is 1. The van der Waals surface area contributed by atoms with E-state index in [0.717, 1.165) is 18.3 Å². The molecule has 0 spiro atoms. The molecule has 0 radical (unpaired) electrons. The largest absolute Gasteiger partial charge is 0.333 e. The minimum absolute atomic E-state index is 0.0229. The normalized spacial score (nSPS) is 10.5. The maximum absolute atomic E-state index is 13.2. The molecule has 0 saturated heterocycles. The predicted molar refractivity (Wildman–Crippen MR) is 67.6 cm³/mol. The molecule has 0 saturated carbocycles. The van der Waals surface area contributed by atoms with E-state index in [1.54, 1.807) is 0 Å². The van der Waals surface area contributed by atoms with Crippen molar-refractivity contribution in [3.8, 4) is 5.69 Å². The quantitative estimate of drug-likeness (QED) is 0.849. The molecule has 0 atom stereocenters. The first kappa shape index (κ1) is 13.2. The van der Waals surface area contributed by atoms with Crippen LogP contribution in [0, 0.1) is 5.82 Å². The third-order valence-electron chi connectivity index (χ3n) is 2.50. The Hall–Kier alpha value is -2.21. The molecule has 1 heterocycles. The highest BCUT2D eigenvalue weighted by atomic mass is 35.5. The van der Waals surface area contributed by atoms with Gasteiger partial charge >= 0.3 is 5.69 Å². The number of aromatic amines is 1. The number of hydrogen-bond donors (Lipinski definition) is 1. The van der Waals surface area contributed by atoms with E-state index >= 15 is 0 Å². The van der Waals surface area contributed by atoms with Crippen molar-refractivity contribution in [2.24, 2.45) is 0 Å². The molecule has 19 heavy (non-hydrogen) atoms. The zero-order valence-corrected chi connectivity index (χ0v) is 10.5. The summed E-state index contributed by atoms with van der Waals surface area (Å²) in [4.78, 5) is 37.2. The van der Waals surface area contributed by atoms with Crippen molar-refractivity contribution in [3.63, 3.8) is 0 Å². The van der Waals surface area contributed by atoms with Crippen molar-refractivity contribution in [1.29, 1.82) is 0 Å². The molecular weight excluding hydrogens is 275 g/mol. The van der Waals surface area contributed by atoms with Gasteiger partial charge in [0.05, 0.1) is 16.3 Å². The summed E-state index contributed by atoms with van der Waals surface area (Å²) in [7, 11) is 0. The first-order valence-electron chi connectivity index (χ1n) is 5.23. The maximum atomic E-state index is 13.2. The van der Waals surface area contributed by atoms with Gasteiger partial charge in [-0.05, 0) is 25.1 Å². The summed E-state index contributed by atoms with van der Waals surface area (Å²) in [6.45, 7) is 1.19. The molecule has 0 aliphatic heterocycles. The zero-order valence-electron chi connectivity index (χ0n) is 9.74. The molecule has 0 amide bonds. The number of benzene rings is 1. The Morgan fingerprint density at radius 2 is 2.05 bits per heavy atom. The van der Waals surface area contributed by atoms with Gasteiger partial charge in [-0.25, -0.2) is 13.8 Å². The van der Waals surface area contributed by atoms with E-state index < -0.39 is 22.8 Å². The summed E-state index contributed by atoms with van der Waals surface area (Å²) in [5.41, 5.74) is -1.97. The van der Waals surface area contributed by atoms with Crippen LogP contribution >= 0.6 is 11.6 Å². The van der Waals surface area contributed by atoms with Gasteiger partial charge in [-0.2, -0.15) is 0 Å². The minimum atomic E-state index is -0.844. The Bertz CT molecular complexity index is 779. The fourth-order valence-corrected chi connectivity index (χ4v) is 1.80. The van der Waals surface area contributed by atoms with Crippen LogP contribution < -0.4 is 11.2 Å². The summed E-state index contributed by atoms with van der Waals surface area (Å²) in [5, 5.41) is 0.0229. The smallest absolute Gasteiger partial charge is 0.313 e. The second-order valence-corrected chi connectivity index (χ2v) is 4.21. The molecule has 1 N–H and O–H groups in total. The fourth-order valence-electron chi connectivity index (χ4n) is 1.60. The van der Waals surface area contributed by atoms with Gasteiger partial charge in [0.15, 0.2) is 5.78 Å². The predicted octanol–water partition coefficient (Wildman–Crippen LogP) is 1.52. The minimum Gasteiger partial charge on any atom is -0.313 e. The van der Waals surface area contributed by atoms with Gasteiger partial charge in [-0.3, -0.25) is 9.59 Å². The van der Waals surface area contributed by atoms with Crippen molar-refractivity contribution in [2.75, 3.05) is 0 Å². The van der Waals surface area contributed by atoms with Crippen molar-refractivity contribution >= 4 is 17.4 Å². The van der Waals surface area contributed by atoms with Crippen molar-refractivity contribution in [3.05, 3.63) is 61.6 Å². The van der Waals surface area contributed by atoms with Gasteiger partial charge in [-0.1, -0.05) is 11.6 Å². The number of carbonyl (C=O) groups is 1. The van der Waals surface area contributed by atoms with E-state index in [1.807, 2.05) is 0 Å². The summed E-state index contributed by atoms with van der Waals surface area (Å²) in [6, 6.07) is 3.27. The molecule has 98 valence electrons. The third-order valence-corrected chi connectivity index (χ3v) is 2.82. The van der Waals surface area contributed by atoms with E-state index in [0.29, 0.717) is 4.57 Å². The summed E-state index contributed by atoms with van der Waals surface area (Å²) in [5.74, 6) is -1.17. The molecular formula is C12H8ClFN2O3. The SMILES string of the molecule is CC(=O)c1c[nH]c(=O)n(-c2cc(F)ccc2Cl)c1=O. The summed E-state index contributed by atoms with van der Waals surface area (Å²) < 4.78 is 13.8. The second-order valence-electron chi connectivity index (χ2n) is 3.80. The van der Waals surface area contributed by atoms with E-state index in [4.69, 9.17) is 11.6 Å². The number of Topliss-reactive ketones (excluding diaryl/α,β-unsaturated/α-hetero) is 1. The number of nitrogens with one attached hydrogen (secondary N) is 1. The van der Waals surface area contributed by atoms with Crippen LogP contribution in [-0.4, -0.2) is 15.3 Å². The number of ketones is 1. The van der Waals surface area contributed by atoms with Gasteiger partial charge in [0.1, 0.15) is 5.82 Å². The lowest BCUT2D eigenvalue weighted by molar-refractivity contribution is 0.101. The Labute approximate surface area is 111 Å². The highest BCUT2D eigenvalue weighted by molar-refractivity contribution is 6.32. The molecule has 1 aromatic heterocycles. The van der Waals surface area contributed by atoms with E-state index in [1.165, 1.54) is 13.0 Å². The van der Waals surface area contributed by atoms with Gasteiger partial charge in [-0.15, -0.1) is 0 Å². The highest BCUT2D eigenvalue weighted by Gasteiger charge is 2.15. The second kappa shape index (κ2) is 4.81. The standard InChI is InChI=1S/C12H8ClFN2O3/c1-6(17)8-5-15-12(19)16(11(8)18)10-4-7(14)2-3-9(10)13/h2-5H,1H3,(H,15,19). The molecule has 2 aromatic rings. The van der Waals surface area contributed by atoms with Crippen LogP contribution in [0.25, 0.3) is 5.69 Å². The third kappa shape index (κ3) is 2.34. The molecule has 2 rings (SSSR count). The average Bonchev–Trinajstić information content (AvgIpc) is 2.33. The topological polar surface area (TPSA) is 71.9 Å². The lowest BCUT2D eigenvalue weighted by Gasteiger charge is -2.07. The van der Waals surface area contributed by atoms with Gasteiger partial charge in [0.2, 0.25) is 0 Å². The molecule has 0 fully saturated rings. The van der Waals surface area contributed by atoms with Crippen LogP contribution in [-0.2, 0) is 0 Å². The van der Waals surface area contributed by atoms with Crippen LogP contribution in [0.2, 0.25) is 5.02 Å². The number of aromatic nitrogens is 2. The van der Waals surface area contributed by atoms with E-state index in [-0.39, 0.29) is 16.3 Å². The molecule has 0 aliphatic carbocycles. The molecule has 7 heteroatoms. The van der Waals surface area contributed by atoms with Crippen molar-refractivity contribution in [1.82, 2.24) is 9.55 Å². The average molecular weight is 283 g/mol. The van der Waals surface area contributed by atoms with Gasteiger partial charge in [0.25, 0.3) is 5.56 Å². The van der Waals surface area contributed by atoms with Crippen LogP contribution in [0.3, 0.4) is 0 Å². The number of hydrogen-bond acceptors (Lipinski definition) is 3. The van der Waals surface area contributed by atoms with Crippen molar-refractivity contribution < 1.29 is 9.18 Å². The highest BCUT2D eigenvalue weighted by Crippen LogP contribution is 2.18. The van der Waals surface area contributed by atoms with Gasteiger partial charge < -0.3 is 4.98 Å². The molecule has 0 bridgehead atoms. The van der Waals surface area contributed by atoms with Crippen LogP contribution in [0.1, 0.15) is 17.3 Å². The maximum Gasteiger partial charge on any atom is 0.333 e. The molecule has 1 aromatic carbocycles. The number of rotatable bonds is 2. The Balaban J connectivity index is 2.86. The lowest BCUT2D eigenvalue weighted by atomic mass is 10.2. The van der Waals surface area contributed by atoms with Gasteiger partial charge in [0, 0.05) is 6.20 Å². The monoisotopic (exact) mass is 282 g/mol. The number of halogens is 2. The fraction of sp³-hybridized carbons (Fsp3) is 0.0833. The molecule has 0 unspecified atom stereocenters. The Morgan fingerprint density at radius 1 is 1.37 bits per heavy atom. The Kier molecular flexibility index (Phi) is 3.35. The first-order chi connectivity index (χ1) is 8.91. The van der Waals surface area contributed by atoms with Crippen LogP contribution in [0.4, 0.5) is 4.39 Å². The number of H-pyrrole nitrogens is 1. The summed E-state index contributed by atoms with van der Waals surface area (Å²) >= 11 is 5.84. The van der Waals surface area contributed by atoms with Crippen molar-refractivity contribution in [2.45, 2.75) is 6.92 Å². The van der Waals surface area contributed by atoms with E-state index in [9.17, 15) is 18.8 Å². The molecule has 5 nitrogen and oxygen atoms in total. The van der Waals surface area contributed by atoms with Crippen LogP contribution in [0.5, 0.6) is 0 Å². The summed E-state index contributed by atoms with van der Waals surface area (Å²) in [6.07, 6.45) is 1.02. The van der Waals surface area contributed by atoms with Crippen LogP contribution in [0.15, 0.2) is 34.0 Å². The Morgan fingerprint density at radius 3 is 2.68 bits per heavy atom.